The predicted molar refractivity (Wildman–Crippen MR) is 108 cm³/mol. The van der Waals surface area contributed by atoms with E-state index >= 15 is 0 Å². The maximum Gasteiger partial charge on any atom is 0.257 e. The molecule has 0 aliphatic carbocycles. The van der Waals surface area contributed by atoms with Crippen molar-refractivity contribution in [3.8, 4) is 5.75 Å². The molecule has 2 aromatic carbocycles. The van der Waals surface area contributed by atoms with Gasteiger partial charge in [0.2, 0.25) is 0 Å². The molecule has 2 aromatic rings. The summed E-state index contributed by atoms with van der Waals surface area (Å²) in [5, 5.41) is 2.94. The molecule has 0 bridgehead atoms. The van der Waals surface area contributed by atoms with Crippen LogP contribution in [0.4, 0.5) is 0 Å². The van der Waals surface area contributed by atoms with Crippen LogP contribution in [0.2, 0.25) is 0 Å². The quantitative estimate of drug-likeness (QED) is 0.692. The van der Waals surface area contributed by atoms with Crippen molar-refractivity contribution in [2.75, 3.05) is 13.2 Å². The Labute approximate surface area is 157 Å². The Morgan fingerprint density at radius 1 is 1.04 bits per heavy atom. The van der Waals surface area contributed by atoms with E-state index in [9.17, 15) is 4.79 Å². The lowest BCUT2D eigenvalue weighted by Crippen LogP contribution is -2.30. The van der Waals surface area contributed by atoms with Crippen LogP contribution in [0.25, 0.3) is 0 Å². The van der Waals surface area contributed by atoms with Crippen LogP contribution in [0.3, 0.4) is 0 Å². The summed E-state index contributed by atoms with van der Waals surface area (Å²) in [6, 6.07) is 16.5. The second kappa shape index (κ2) is 9.42. The summed E-state index contributed by atoms with van der Waals surface area (Å²) < 4.78 is 5.79. The highest BCUT2D eigenvalue weighted by atomic mass is 16.5. The number of hydrogen-bond acceptors (Lipinski definition) is 2. The lowest BCUT2D eigenvalue weighted by Gasteiger charge is -2.23. The van der Waals surface area contributed by atoms with E-state index in [0.717, 1.165) is 30.6 Å². The molecule has 0 aliphatic rings. The predicted octanol–water partition coefficient (Wildman–Crippen LogP) is 4.81. The van der Waals surface area contributed by atoms with Crippen LogP contribution in [-0.2, 0) is 16.6 Å². The number of aryl methyl sites for hydroxylation is 2. The molecule has 3 nitrogen and oxygen atoms in total. The first-order chi connectivity index (χ1) is 12.4. The first-order valence-electron chi connectivity index (χ1n) is 9.41. The van der Waals surface area contributed by atoms with Gasteiger partial charge in [0.1, 0.15) is 5.75 Å². The van der Waals surface area contributed by atoms with Gasteiger partial charge >= 0.3 is 0 Å². The Morgan fingerprint density at radius 3 is 2.46 bits per heavy atom. The fourth-order valence-electron chi connectivity index (χ4n) is 2.88. The SMILES string of the molecule is Cc1ccc(OCC(=O)NCCCCc2ccccc2)c(C(C)(C)C)c1. The molecule has 0 spiro atoms. The summed E-state index contributed by atoms with van der Waals surface area (Å²) in [6.07, 6.45) is 3.08. The van der Waals surface area contributed by atoms with E-state index in [1.807, 2.05) is 18.2 Å². The van der Waals surface area contributed by atoms with E-state index < -0.39 is 0 Å². The first kappa shape index (κ1) is 20.0. The number of amides is 1. The third-order valence-electron chi connectivity index (χ3n) is 4.36. The number of rotatable bonds is 8. The molecular formula is C23H31NO2. The zero-order valence-corrected chi connectivity index (χ0v) is 16.5. The fraction of sp³-hybridized carbons (Fsp3) is 0.435. The number of hydrogen-bond donors (Lipinski definition) is 1. The Balaban J connectivity index is 1.72. The van der Waals surface area contributed by atoms with Gasteiger partial charge in [0.05, 0.1) is 0 Å². The van der Waals surface area contributed by atoms with Crippen molar-refractivity contribution in [2.24, 2.45) is 0 Å². The molecule has 0 saturated carbocycles. The van der Waals surface area contributed by atoms with Crippen LogP contribution < -0.4 is 10.1 Å². The molecule has 0 radical (unpaired) electrons. The minimum atomic E-state index is -0.0647. The van der Waals surface area contributed by atoms with Crippen LogP contribution in [0.15, 0.2) is 48.5 Å². The van der Waals surface area contributed by atoms with Crippen LogP contribution in [0.5, 0.6) is 5.75 Å². The number of ether oxygens (including phenoxy) is 1. The van der Waals surface area contributed by atoms with Gasteiger partial charge in [-0.2, -0.15) is 0 Å². The van der Waals surface area contributed by atoms with E-state index in [1.54, 1.807) is 0 Å². The van der Waals surface area contributed by atoms with E-state index in [1.165, 1.54) is 11.1 Å². The molecule has 0 atom stereocenters. The molecule has 3 heteroatoms. The van der Waals surface area contributed by atoms with Crippen molar-refractivity contribution in [1.29, 1.82) is 0 Å². The molecule has 2 rings (SSSR count). The van der Waals surface area contributed by atoms with E-state index in [0.29, 0.717) is 6.54 Å². The highest BCUT2D eigenvalue weighted by molar-refractivity contribution is 5.77. The van der Waals surface area contributed by atoms with E-state index in [4.69, 9.17) is 4.74 Å². The second-order valence-electron chi connectivity index (χ2n) is 7.83. The van der Waals surface area contributed by atoms with Gasteiger partial charge in [-0.15, -0.1) is 0 Å². The molecule has 0 heterocycles. The molecule has 1 amide bonds. The van der Waals surface area contributed by atoms with Crippen molar-refractivity contribution in [3.05, 3.63) is 65.2 Å². The van der Waals surface area contributed by atoms with Gasteiger partial charge in [-0.05, 0) is 48.8 Å². The fourth-order valence-corrected chi connectivity index (χ4v) is 2.88. The summed E-state index contributed by atoms with van der Waals surface area (Å²) in [7, 11) is 0. The molecule has 0 fully saturated rings. The minimum absolute atomic E-state index is 0.0186. The highest BCUT2D eigenvalue weighted by Gasteiger charge is 2.19. The maximum atomic E-state index is 12.0. The van der Waals surface area contributed by atoms with Crippen LogP contribution in [-0.4, -0.2) is 19.1 Å². The summed E-state index contributed by atoms with van der Waals surface area (Å²) in [4.78, 5) is 12.0. The average Bonchev–Trinajstić information content (AvgIpc) is 2.60. The molecule has 0 saturated heterocycles. The van der Waals surface area contributed by atoms with Gasteiger partial charge < -0.3 is 10.1 Å². The lowest BCUT2D eigenvalue weighted by atomic mass is 9.85. The molecule has 0 unspecified atom stereocenters. The minimum Gasteiger partial charge on any atom is -0.483 e. The third-order valence-corrected chi connectivity index (χ3v) is 4.36. The smallest absolute Gasteiger partial charge is 0.257 e. The van der Waals surface area contributed by atoms with Gasteiger partial charge in [0, 0.05) is 6.54 Å². The van der Waals surface area contributed by atoms with Gasteiger partial charge in [0.15, 0.2) is 6.61 Å². The molecule has 1 N–H and O–H groups in total. The number of unbranched alkanes of at least 4 members (excludes halogenated alkanes) is 1. The maximum absolute atomic E-state index is 12.0. The zero-order chi connectivity index (χ0) is 19.0. The van der Waals surface area contributed by atoms with Crippen molar-refractivity contribution < 1.29 is 9.53 Å². The van der Waals surface area contributed by atoms with Crippen molar-refractivity contribution in [2.45, 2.75) is 52.4 Å². The number of carbonyl (C=O) groups is 1. The first-order valence-corrected chi connectivity index (χ1v) is 9.41. The number of carbonyl (C=O) groups excluding carboxylic acids is 1. The van der Waals surface area contributed by atoms with Crippen LogP contribution in [0, 0.1) is 6.92 Å². The van der Waals surface area contributed by atoms with E-state index in [2.05, 4.69) is 63.3 Å². The van der Waals surface area contributed by atoms with Crippen LogP contribution >= 0.6 is 0 Å². The standard InChI is InChI=1S/C23H31NO2/c1-18-13-14-21(20(16-18)23(2,3)4)26-17-22(25)24-15-9-8-12-19-10-6-5-7-11-19/h5-7,10-11,13-14,16H,8-9,12,15,17H2,1-4H3,(H,24,25). The molecule has 140 valence electrons. The molecule has 0 aliphatic heterocycles. The summed E-state index contributed by atoms with van der Waals surface area (Å²) >= 11 is 0. The van der Waals surface area contributed by atoms with Gasteiger partial charge in [-0.1, -0.05) is 68.8 Å². The molecular weight excluding hydrogens is 322 g/mol. The Hall–Kier alpha value is -2.29. The Bertz CT molecular complexity index is 702. The summed E-state index contributed by atoms with van der Waals surface area (Å²) in [5.41, 5.74) is 3.66. The second-order valence-corrected chi connectivity index (χ2v) is 7.83. The number of benzene rings is 2. The third kappa shape index (κ3) is 6.55. The monoisotopic (exact) mass is 353 g/mol. The normalized spacial score (nSPS) is 11.2. The lowest BCUT2D eigenvalue weighted by molar-refractivity contribution is -0.123. The highest BCUT2D eigenvalue weighted by Crippen LogP contribution is 2.32. The van der Waals surface area contributed by atoms with Gasteiger partial charge in [-0.3, -0.25) is 4.79 Å². The number of nitrogens with one attached hydrogen (secondary N) is 1. The summed E-state index contributed by atoms with van der Waals surface area (Å²) in [5.74, 6) is 0.729. The largest absolute Gasteiger partial charge is 0.483 e. The molecule has 26 heavy (non-hydrogen) atoms. The van der Waals surface area contributed by atoms with Crippen molar-refractivity contribution >= 4 is 5.91 Å². The van der Waals surface area contributed by atoms with Crippen molar-refractivity contribution in [3.63, 3.8) is 0 Å². The van der Waals surface area contributed by atoms with Gasteiger partial charge in [0.25, 0.3) is 5.91 Å². The summed E-state index contributed by atoms with van der Waals surface area (Å²) in [6.45, 7) is 9.28. The van der Waals surface area contributed by atoms with Crippen molar-refractivity contribution in [1.82, 2.24) is 5.32 Å². The van der Waals surface area contributed by atoms with Gasteiger partial charge in [-0.25, -0.2) is 0 Å². The van der Waals surface area contributed by atoms with Crippen LogP contribution in [0.1, 0.15) is 50.3 Å². The average molecular weight is 354 g/mol. The molecule has 0 aromatic heterocycles. The topological polar surface area (TPSA) is 38.3 Å². The Morgan fingerprint density at radius 2 is 1.77 bits per heavy atom. The Kier molecular flexibility index (Phi) is 7.26. The zero-order valence-electron chi connectivity index (χ0n) is 16.5. The van der Waals surface area contributed by atoms with E-state index in [-0.39, 0.29) is 17.9 Å².